The van der Waals surface area contributed by atoms with Crippen LogP contribution in [0.2, 0.25) is 12.1 Å². The van der Waals surface area contributed by atoms with Crippen molar-refractivity contribution in [1.82, 2.24) is 0 Å². The quantitative estimate of drug-likeness (QED) is 0.0770. The van der Waals surface area contributed by atoms with Crippen LogP contribution in [0.15, 0.2) is 0 Å². The highest BCUT2D eigenvalue weighted by atomic mass is 31.2. The van der Waals surface area contributed by atoms with Crippen molar-refractivity contribution in [2.45, 2.75) is 122 Å². The SMILES string of the molecule is CO[Si](CCCC(CCC[Si](OC)(OC)OC)(P(=O)(OC(C)C)OC(C)C)P(=O)(OC(C)C)OC(C)C)(OC)OC. The van der Waals surface area contributed by atoms with Crippen molar-refractivity contribution in [1.29, 1.82) is 0 Å². The summed E-state index contributed by atoms with van der Waals surface area (Å²) in [6, 6.07) is 0.718. The van der Waals surface area contributed by atoms with Gasteiger partial charge in [-0.1, -0.05) is 0 Å². The van der Waals surface area contributed by atoms with Gasteiger partial charge in [0.25, 0.3) is 0 Å². The molecule has 0 saturated heterocycles. The van der Waals surface area contributed by atoms with Crippen LogP contribution in [0, 0.1) is 0 Å². The Morgan fingerprint density at radius 1 is 0.488 bits per heavy atom. The van der Waals surface area contributed by atoms with Gasteiger partial charge in [0, 0.05) is 54.7 Å². The van der Waals surface area contributed by atoms with Crippen LogP contribution in [0.5, 0.6) is 0 Å². The van der Waals surface area contributed by atoms with Crippen LogP contribution in [-0.2, 0) is 53.8 Å². The molecule has 12 nitrogen and oxygen atoms in total. The molecule has 0 rings (SSSR count). The second-order valence-corrected chi connectivity index (χ2v) is 22.0. The fourth-order valence-electron chi connectivity index (χ4n) is 4.66. The Morgan fingerprint density at radius 2 is 0.707 bits per heavy atom. The average molecular weight is 669 g/mol. The van der Waals surface area contributed by atoms with E-state index in [1.165, 1.54) is 42.7 Å². The summed E-state index contributed by atoms with van der Waals surface area (Å²) in [6.07, 6.45) is -1.17. The van der Waals surface area contributed by atoms with Crippen molar-refractivity contribution in [3.63, 3.8) is 0 Å². The maximum absolute atomic E-state index is 15.3. The molecule has 0 aromatic rings. The average Bonchev–Trinajstić information content (AvgIpc) is 2.86. The molecule has 0 saturated carbocycles. The van der Waals surface area contributed by atoms with E-state index in [2.05, 4.69) is 0 Å². The van der Waals surface area contributed by atoms with Gasteiger partial charge in [0.15, 0.2) is 4.90 Å². The molecule has 0 fully saturated rings. The predicted octanol–water partition coefficient (Wildman–Crippen LogP) is 7.09. The van der Waals surface area contributed by atoms with Crippen LogP contribution in [0.25, 0.3) is 0 Å². The van der Waals surface area contributed by atoms with E-state index in [-0.39, 0.29) is 12.8 Å². The van der Waals surface area contributed by atoms with Gasteiger partial charge in [-0.3, -0.25) is 9.13 Å². The van der Waals surface area contributed by atoms with Crippen molar-refractivity contribution in [3.05, 3.63) is 0 Å². The Hall–Kier alpha value is 0.494. The molecule has 0 radical (unpaired) electrons. The summed E-state index contributed by atoms with van der Waals surface area (Å²) in [5.74, 6) is 0. The van der Waals surface area contributed by atoms with Gasteiger partial charge in [-0.2, -0.15) is 0 Å². The van der Waals surface area contributed by atoms with Crippen LogP contribution >= 0.6 is 15.2 Å². The molecule has 0 aliphatic rings. The fourth-order valence-corrected chi connectivity index (χ4v) is 14.7. The van der Waals surface area contributed by atoms with Gasteiger partial charge >= 0.3 is 32.8 Å². The number of rotatable bonds is 24. The van der Waals surface area contributed by atoms with Crippen molar-refractivity contribution in [3.8, 4) is 0 Å². The third-order valence-electron chi connectivity index (χ3n) is 6.40. The molecule has 0 heterocycles. The Kier molecular flexibility index (Phi) is 18.7. The molecular weight excluding hydrogens is 610 g/mol. The number of hydrogen-bond acceptors (Lipinski definition) is 12. The molecule has 0 amide bonds. The zero-order valence-electron chi connectivity index (χ0n) is 27.8. The van der Waals surface area contributed by atoms with Gasteiger partial charge in [-0.15, -0.1) is 0 Å². The molecule has 0 N–H and O–H groups in total. The molecule has 0 aliphatic heterocycles. The van der Waals surface area contributed by atoms with E-state index in [0.29, 0.717) is 24.9 Å². The summed E-state index contributed by atoms with van der Waals surface area (Å²) < 4.78 is 89.1. The van der Waals surface area contributed by atoms with Crippen LogP contribution < -0.4 is 0 Å². The summed E-state index contributed by atoms with van der Waals surface area (Å²) in [5.41, 5.74) is 0. The van der Waals surface area contributed by atoms with Gasteiger partial charge < -0.3 is 44.7 Å². The molecule has 16 heteroatoms. The van der Waals surface area contributed by atoms with Crippen molar-refractivity contribution >= 4 is 32.8 Å². The smallest absolute Gasteiger partial charge is 0.377 e. The van der Waals surface area contributed by atoms with Crippen LogP contribution in [0.3, 0.4) is 0 Å². The zero-order chi connectivity index (χ0) is 32.1. The first kappa shape index (κ1) is 41.5. The van der Waals surface area contributed by atoms with Gasteiger partial charge in [0.05, 0.1) is 24.4 Å². The van der Waals surface area contributed by atoms with E-state index in [9.17, 15) is 0 Å². The van der Waals surface area contributed by atoms with E-state index >= 15 is 9.13 Å². The molecule has 248 valence electrons. The molecule has 0 aromatic carbocycles. The minimum absolute atomic E-state index is 0.0900. The topological polar surface area (TPSA) is 126 Å². The normalized spacial score (nSPS) is 14.3. The number of hydrogen-bond donors (Lipinski definition) is 0. The van der Waals surface area contributed by atoms with Gasteiger partial charge in [0.2, 0.25) is 0 Å². The second kappa shape index (κ2) is 18.5. The van der Waals surface area contributed by atoms with E-state index in [1.807, 2.05) is 0 Å². The first-order valence-corrected chi connectivity index (χ1v) is 21.1. The van der Waals surface area contributed by atoms with Crippen molar-refractivity contribution < 1.29 is 53.8 Å². The first-order valence-electron chi connectivity index (χ1n) is 14.2. The maximum Gasteiger partial charge on any atom is 0.500 e. The molecule has 0 aromatic heterocycles. The summed E-state index contributed by atoms with van der Waals surface area (Å²) in [7, 11) is -5.40. The Balaban J connectivity index is 7.38. The molecule has 0 spiro atoms. The van der Waals surface area contributed by atoms with Crippen molar-refractivity contribution in [2.75, 3.05) is 42.7 Å². The lowest BCUT2D eigenvalue weighted by Gasteiger charge is -2.45. The Bertz CT molecular complexity index is 710. The fraction of sp³-hybridized carbons (Fsp3) is 1.00. The van der Waals surface area contributed by atoms with Crippen LogP contribution in [-0.4, -0.2) is 89.6 Å². The minimum Gasteiger partial charge on any atom is -0.377 e. The summed E-state index contributed by atoms with van der Waals surface area (Å²) in [4.78, 5) is -1.70. The first-order chi connectivity index (χ1) is 18.9. The molecule has 0 aliphatic carbocycles. The third-order valence-corrected chi connectivity index (χ3v) is 19.3. The Labute approximate surface area is 251 Å². The van der Waals surface area contributed by atoms with E-state index in [4.69, 9.17) is 44.7 Å². The molecular formula is C25H58O12P2Si2. The summed E-state index contributed by atoms with van der Waals surface area (Å²) in [6.45, 7) is 14.1. The van der Waals surface area contributed by atoms with Crippen LogP contribution in [0.1, 0.15) is 81.1 Å². The lowest BCUT2D eigenvalue weighted by atomic mass is 10.1. The maximum atomic E-state index is 15.3. The minimum atomic E-state index is -4.25. The highest BCUT2D eigenvalue weighted by Crippen LogP contribution is 2.82. The largest absolute Gasteiger partial charge is 0.500 e. The highest BCUT2D eigenvalue weighted by molar-refractivity contribution is 7.74. The van der Waals surface area contributed by atoms with E-state index in [1.54, 1.807) is 55.4 Å². The molecule has 0 atom stereocenters. The molecule has 0 bridgehead atoms. The van der Waals surface area contributed by atoms with Crippen LogP contribution in [0.4, 0.5) is 0 Å². The highest BCUT2D eigenvalue weighted by Gasteiger charge is 2.66. The zero-order valence-corrected chi connectivity index (χ0v) is 31.6. The molecule has 41 heavy (non-hydrogen) atoms. The van der Waals surface area contributed by atoms with Gasteiger partial charge in [-0.05, 0) is 81.1 Å². The lowest BCUT2D eigenvalue weighted by Crippen LogP contribution is -2.44. The third kappa shape index (κ3) is 11.4. The standard InChI is InChI=1S/C25H58O12P2Si2/c1-21(2)34-38(26,35-22(3)4)25(17-15-19-40(28-9,29-10)30-11,18-16-20-41(31-12,32-13)33-14)39(27,36-23(5)6)37-24(7)8/h21-24H,15-20H2,1-14H3. The Morgan fingerprint density at radius 3 is 0.878 bits per heavy atom. The van der Waals surface area contributed by atoms with Crippen molar-refractivity contribution in [2.24, 2.45) is 0 Å². The molecule has 0 unspecified atom stereocenters. The van der Waals surface area contributed by atoms with Gasteiger partial charge in [-0.25, -0.2) is 0 Å². The van der Waals surface area contributed by atoms with Gasteiger partial charge in [0.1, 0.15) is 0 Å². The second-order valence-electron chi connectivity index (χ2n) is 10.9. The van der Waals surface area contributed by atoms with E-state index < -0.39 is 62.1 Å². The lowest BCUT2D eigenvalue weighted by molar-refractivity contribution is 0.100. The van der Waals surface area contributed by atoms with E-state index in [0.717, 1.165) is 0 Å². The predicted molar refractivity (Wildman–Crippen MR) is 164 cm³/mol. The summed E-state index contributed by atoms with van der Waals surface area (Å²) >= 11 is 0. The summed E-state index contributed by atoms with van der Waals surface area (Å²) in [5, 5.41) is 0. The monoisotopic (exact) mass is 668 g/mol.